The molecule has 0 saturated heterocycles. The molecule has 0 heterocycles. The first kappa shape index (κ1) is 14.9. The smallest absolute Gasteiger partial charge is 0.335 e. The zero-order chi connectivity index (χ0) is 16.4. The lowest BCUT2D eigenvalue weighted by Gasteiger charge is -2.13. The van der Waals surface area contributed by atoms with Crippen LogP contribution in [0, 0.1) is 0 Å². The van der Waals surface area contributed by atoms with E-state index in [1.165, 1.54) is 0 Å². The molecule has 0 radical (unpaired) electrons. The van der Waals surface area contributed by atoms with Gasteiger partial charge in [0.05, 0.1) is 19.8 Å². The number of benzene rings is 3. The molecule has 4 nitrogen and oxygen atoms in total. The second-order valence-electron chi connectivity index (χ2n) is 5.11. The van der Waals surface area contributed by atoms with Gasteiger partial charge in [-0.25, -0.2) is 4.79 Å². The van der Waals surface area contributed by atoms with Gasteiger partial charge in [0.25, 0.3) is 0 Å². The van der Waals surface area contributed by atoms with Crippen LogP contribution in [-0.2, 0) is 0 Å². The average molecular weight is 308 g/mol. The summed E-state index contributed by atoms with van der Waals surface area (Å²) in [5.74, 6) is 0.443. The van der Waals surface area contributed by atoms with Crippen molar-refractivity contribution >= 4 is 16.7 Å². The average Bonchev–Trinajstić information content (AvgIpc) is 2.60. The molecular formula is C19H16O4. The van der Waals surface area contributed by atoms with Crippen molar-refractivity contribution in [2.24, 2.45) is 0 Å². The number of aromatic carboxylic acids is 1. The van der Waals surface area contributed by atoms with E-state index in [1.54, 1.807) is 26.4 Å². The number of carboxylic acids is 1. The maximum atomic E-state index is 11.3. The van der Waals surface area contributed by atoms with Gasteiger partial charge in [0.2, 0.25) is 0 Å². The van der Waals surface area contributed by atoms with E-state index in [9.17, 15) is 9.90 Å². The van der Waals surface area contributed by atoms with Crippen LogP contribution >= 0.6 is 0 Å². The monoisotopic (exact) mass is 308 g/mol. The Morgan fingerprint density at radius 3 is 2.43 bits per heavy atom. The highest BCUT2D eigenvalue weighted by Gasteiger charge is 2.12. The summed E-state index contributed by atoms with van der Waals surface area (Å²) < 4.78 is 10.7. The number of carboxylic acid groups (broad SMARTS) is 1. The van der Waals surface area contributed by atoms with Crippen molar-refractivity contribution in [3.63, 3.8) is 0 Å². The van der Waals surface area contributed by atoms with Gasteiger partial charge in [-0.2, -0.15) is 0 Å². The second kappa shape index (κ2) is 6.01. The minimum absolute atomic E-state index is 0.262. The number of ether oxygens (including phenoxy) is 2. The summed E-state index contributed by atoms with van der Waals surface area (Å²) in [4.78, 5) is 11.3. The predicted octanol–water partition coefficient (Wildman–Crippen LogP) is 4.22. The Kier molecular flexibility index (Phi) is 3.89. The minimum Gasteiger partial charge on any atom is -0.497 e. The van der Waals surface area contributed by atoms with E-state index in [2.05, 4.69) is 0 Å². The molecule has 116 valence electrons. The van der Waals surface area contributed by atoms with E-state index in [4.69, 9.17) is 9.47 Å². The lowest BCUT2D eigenvalue weighted by molar-refractivity contribution is 0.0697. The van der Waals surface area contributed by atoms with E-state index in [0.717, 1.165) is 21.9 Å². The van der Waals surface area contributed by atoms with Gasteiger partial charge >= 0.3 is 5.97 Å². The van der Waals surface area contributed by atoms with Gasteiger partial charge in [0, 0.05) is 11.6 Å². The predicted molar refractivity (Wildman–Crippen MR) is 89.4 cm³/mol. The Bertz CT molecular complexity index is 884. The van der Waals surface area contributed by atoms with Crippen LogP contribution in [0.2, 0.25) is 0 Å². The molecule has 0 spiro atoms. The zero-order valence-electron chi connectivity index (χ0n) is 12.9. The summed E-state index contributed by atoms with van der Waals surface area (Å²) in [6, 6.07) is 16.6. The van der Waals surface area contributed by atoms with Crippen LogP contribution in [0.25, 0.3) is 21.9 Å². The van der Waals surface area contributed by atoms with Crippen LogP contribution in [0.1, 0.15) is 10.4 Å². The van der Waals surface area contributed by atoms with Crippen LogP contribution in [0.4, 0.5) is 0 Å². The number of rotatable bonds is 4. The molecule has 4 heteroatoms. The molecule has 0 aromatic heterocycles. The van der Waals surface area contributed by atoms with Crippen molar-refractivity contribution in [3.05, 3.63) is 60.2 Å². The largest absolute Gasteiger partial charge is 0.497 e. The normalized spacial score (nSPS) is 10.5. The molecule has 0 saturated carbocycles. The molecule has 3 aromatic carbocycles. The van der Waals surface area contributed by atoms with Crippen LogP contribution in [-0.4, -0.2) is 25.3 Å². The van der Waals surface area contributed by atoms with Crippen LogP contribution < -0.4 is 9.47 Å². The number of hydrogen-bond acceptors (Lipinski definition) is 3. The lowest BCUT2D eigenvalue weighted by atomic mass is 9.96. The zero-order valence-corrected chi connectivity index (χ0v) is 12.9. The Labute approximate surface area is 133 Å². The van der Waals surface area contributed by atoms with Gasteiger partial charge in [0.15, 0.2) is 0 Å². The highest BCUT2D eigenvalue weighted by Crippen LogP contribution is 2.37. The molecular weight excluding hydrogens is 292 g/mol. The molecule has 3 aromatic rings. The first-order valence-electron chi connectivity index (χ1n) is 7.12. The van der Waals surface area contributed by atoms with Crippen molar-refractivity contribution in [2.45, 2.75) is 0 Å². The summed E-state index contributed by atoms with van der Waals surface area (Å²) in [5.41, 5.74) is 2.07. The van der Waals surface area contributed by atoms with E-state index in [0.29, 0.717) is 11.5 Å². The van der Waals surface area contributed by atoms with Gasteiger partial charge in [-0.05, 0) is 40.6 Å². The van der Waals surface area contributed by atoms with Crippen LogP contribution in [0.15, 0.2) is 54.6 Å². The first-order chi connectivity index (χ1) is 11.1. The maximum absolute atomic E-state index is 11.3. The minimum atomic E-state index is -0.941. The number of methoxy groups -OCH3 is 2. The van der Waals surface area contributed by atoms with Crippen molar-refractivity contribution in [3.8, 4) is 22.6 Å². The Hall–Kier alpha value is -3.01. The second-order valence-corrected chi connectivity index (χ2v) is 5.11. The number of hydrogen-bond donors (Lipinski definition) is 1. The van der Waals surface area contributed by atoms with Crippen molar-refractivity contribution in [1.29, 1.82) is 0 Å². The fourth-order valence-electron chi connectivity index (χ4n) is 2.66. The number of fused-ring (bicyclic) bond motifs is 1. The fourth-order valence-corrected chi connectivity index (χ4v) is 2.66. The van der Waals surface area contributed by atoms with Crippen molar-refractivity contribution < 1.29 is 19.4 Å². The van der Waals surface area contributed by atoms with E-state index in [1.807, 2.05) is 42.5 Å². The van der Waals surface area contributed by atoms with E-state index < -0.39 is 5.97 Å². The molecule has 0 fully saturated rings. The van der Waals surface area contributed by atoms with Crippen LogP contribution in [0.3, 0.4) is 0 Å². The molecule has 23 heavy (non-hydrogen) atoms. The molecule has 0 aliphatic heterocycles. The fraction of sp³-hybridized carbons (Fsp3) is 0.105. The summed E-state index contributed by atoms with van der Waals surface area (Å²) >= 11 is 0. The van der Waals surface area contributed by atoms with Gasteiger partial charge in [-0.1, -0.05) is 24.3 Å². The summed E-state index contributed by atoms with van der Waals surface area (Å²) in [5, 5.41) is 11.1. The van der Waals surface area contributed by atoms with E-state index in [-0.39, 0.29) is 5.56 Å². The molecule has 1 N–H and O–H groups in total. The molecule has 0 aliphatic carbocycles. The molecule has 0 aliphatic rings. The Balaban J connectivity index is 2.27. The van der Waals surface area contributed by atoms with Crippen LogP contribution in [0.5, 0.6) is 11.5 Å². The lowest BCUT2D eigenvalue weighted by Crippen LogP contribution is -1.96. The standard InChI is InChI=1S/C19H16O4/c1-22-14-8-9-16(18(11-14)23-2)15-5-3-4-12-6-7-13(19(20)21)10-17(12)15/h3-11H,1-2H3,(H,20,21). The van der Waals surface area contributed by atoms with Gasteiger partial charge in [-0.15, -0.1) is 0 Å². The van der Waals surface area contributed by atoms with Gasteiger partial charge < -0.3 is 14.6 Å². The van der Waals surface area contributed by atoms with Crippen molar-refractivity contribution in [2.75, 3.05) is 14.2 Å². The number of carbonyl (C=O) groups is 1. The van der Waals surface area contributed by atoms with Crippen molar-refractivity contribution in [1.82, 2.24) is 0 Å². The first-order valence-corrected chi connectivity index (χ1v) is 7.12. The third-order valence-corrected chi connectivity index (χ3v) is 3.83. The highest BCUT2D eigenvalue weighted by atomic mass is 16.5. The SMILES string of the molecule is COc1ccc(-c2cccc3ccc(C(=O)O)cc23)c(OC)c1. The van der Waals surface area contributed by atoms with E-state index >= 15 is 0 Å². The van der Waals surface area contributed by atoms with Gasteiger partial charge in [0.1, 0.15) is 11.5 Å². The highest BCUT2D eigenvalue weighted by molar-refractivity contribution is 6.02. The molecule has 0 atom stereocenters. The maximum Gasteiger partial charge on any atom is 0.335 e. The summed E-state index contributed by atoms with van der Waals surface area (Å²) in [7, 11) is 3.21. The quantitative estimate of drug-likeness (QED) is 0.784. The third kappa shape index (κ3) is 2.71. The molecule has 0 bridgehead atoms. The molecule has 0 amide bonds. The Morgan fingerprint density at radius 1 is 0.913 bits per heavy atom. The molecule has 0 unspecified atom stereocenters. The topological polar surface area (TPSA) is 55.8 Å². The summed E-state index contributed by atoms with van der Waals surface area (Å²) in [6.07, 6.45) is 0. The molecule has 3 rings (SSSR count). The van der Waals surface area contributed by atoms with Gasteiger partial charge in [-0.3, -0.25) is 0 Å². The third-order valence-electron chi connectivity index (χ3n) is 3.83. The summed E-state index contributed by atoms with van der Waals surface area (Å²) in [6.45, 7) is 0. The Morgan fingerprint density at radius 2 is 1.74 bits per heavy atom.